The average Bonchev–Trinajstić information content (AvgIpc) is 2.51. The van der Waals surface area contributed by atoms with Gasteiger partial charge in [-0.05, 0) is 50.0 Å². The maximum Gasteiger partial charge on any atom is 0.223 e. The van der Waals surface area contributed by atoms with Crippen molar-refractivity contribution in [2.45, 2.75) is 45.6 Å². The van der Waals surface area contributed by atoms with Crippen molar-refractivity contribution >= 4 is 11.6 Å². The van der Waals surface area contributed by atoms with Crippen molar-refractivity contribution in [1.82, 2.24) is 4.90 Å². The van der Waals surface area contributed by atoms with Gasteiger partial charge in [0.05, 0.1) is 6.10 Å². The number of aliphatic hydroxyl groups is 1. The van der Waals surface area contributed by atoms with Crippen molar-refractivity contribution in [2.24, 2.45) is 0 Å². The predicted octanol–water partition coefficient (Wildman–Crippen LogP) is 2.75. The number of benzene rings is 1. The molecule has 0 fully saturated rings. The average molecular weight is 304 g/mol. The van der Waals surface area contributed by atoms with Crippen LogP contribution in [0.15, 0.2) is 18.2 Å². The Labute approximate surface area is 133 Å². The molecule has 22 heavy (non-hydrogen) atoms. The molecule has 4 nitrogen and oxygen atoms in total. The summed E-state index contributed by atoms with van der Waals surface area (Å²) in [5.41, 5.74) is 3.13. The molecule has 1 N–H and O–H groups in total. The molecule has 0 saturated heterocycles. The summed E-state index contributed by atoms with van der Waals surface area (Å²) >= 11 is 0. The van der Waals surface area contributed by atoms with E-state index < -0.39 is 6.10 Å². The molecule has 0 aliphatic carbocycles. The Morgan fingerprint density at radius 2 is 2.23 bits per heavy atom. The van der Waals surface area contributed by atoms with Crippen LogP contribution < -0.4 is 4.90 Å². The number of carbonyl (C=O) groups is 1. The standard InChI is InChI=1S/C18H28N2O2/c1-4-5-10-19(3)13-18(22)16-8-9-17-15(12-16)7-6-11-20(17)14(2)21/h8-9,12,18,22H,4-7,10-11,13H2,1-3H3. The molecule has 1 atom stereocenters. The van der Waals surface area contributed by atoms with Crippen LogP contribution >= 0.6 is 0 Å². The predicted molar refractivity (Wildman–Crippen MR) is 90.2 cm³/mol. The van der Waals surface area contributed by atoms with Crippen molar-refractivity contribution in [1.29, 1.82) is 0 Å². The molecule has 0 bridgehead atoms. The van der Waals surface area contributed by atoms with Gasteiger partial charge >= 0.3 is 0 Å². The van der Waals surface area contributed by atoms with E-state index in [4.69, 9.17) is 0 Å². The molecular weight excluding hydrogens is 276 g/mol. The van der Waals surface area contributed by atoms with Gasteiger partial charge in [0.25, 0.3) is 0 Å². The minimum Gasteiger partial charge on any atom is -0.387 e. The number of carbonyl (C=O) groups excluding carboxylic acids is 1. The highest BCUT2D eigenvalue weighted by Gasteiger charge is 2.21. The van der Waals surface area contributed by atoms with Crippen LogP contribution in [0.3, 0.4) is 0 Å². The highest BCUT2D eigenvalue weighted by Crippen LogP contribution is 2.30. The summed E-state index contributed by atoms with van der Waals surface area (Å²) in [6, 6.07) is 6.02. The van der Waals surface area contributed by atoms with Crippen molar-refractivity contribution in [3.8, 4) is 0 Å². The number of hydrogen-bond acceptors (Lipinski definition) is 3. The fourth-order valence-electron chi connectivity index (χ4n) is 3.07. The fourth-order valence-corrected chi connectivity index (χ4v) is 3.07. The number of aryl methyl sites for hydroxylation is 1. The number of nitrogens with zero attached hydrogens (tertiary/aromatic N) is 2. The second kappa shape index (κ2) is 7.75. The molecule has 1 aliphatic rings. The summed E-state index contributed by atoms with van der Waals surface area (Å²) in [5, 5.41) is 10.4. The summed E-state index contributed by atoms with van der Waals surface area (Å²) in [6.45, 7) is 6.24. The van der Waals surface area contributed by atoms with Crippen LogP contribution in [-0.4, -0.2) is 42.6 Å². The summed E-state index contributed by atoms with van der Waals surface area (Å²) in [4.78, 5) is 15.7. The minimum absolute atomic E-state index is 0.0912. The molecule has 2 rings (SSSR count). The van der Waals surface area contributed by atoms with Gasteiger partial charge in [-0.25, -0.2) is 0 Å². The van der Waals surface area contributed by atoms with E-state index in [2.05, 4.69) is 24.9 Å². The first-order valence-corrected chi connectivity index (χ1v) is 8.30. The third-order valence-electron chi connectivity index (χ3n) is 4.37. The van der Waals surface area contributed by atoms with Crippen LogP contribution in [0.25, 0.3) is 0 Å². The van der Waals surface area contributed by atoms with E-state index in [-0.39, 0.29) is 5.91 Å². The van der Waals surface area contributed by atoms with Crippen LogP contribution in [0.5, 0.6) is 0 Å². The molecule has 4 heteroatoms. The van der Waals surface area contributed by atoms with Gasteiger partial charge in [-0.15, -0.1) is 0 Å². The SMILES string of the molecule is CCCCN(C)CC(O)c1ccc2c(c1)CCCN2C(C)=O. The molecule has 0 radical (unpaired) electrons. The number of unbranched alkanes of at least 4 members (excludes halogenated alkanes) is 1. The summed E-state index contributed by atoms with van der Waals surface area (Å²) < 4.78 is 0. The summed E-state index contributed by atoms with van der Waals surface area (Å²) in [7, 11) is 2.05. The first kappa shape index (κ1) is 17.0. The zero-order valence-electron chi connectivity index (χ0n) is 14.0. The van der Waals surface area contributed by atoms with E-state index in [1.54, 1.807) is 6.92 Å². The number of anilines is 1. The van der Waals surface area contributed by atoms with Gasteiger partial charge in [-0.3, -0.25) is 4.79 Å². The van der Waals surface area contributed by atoms with Gasteiger partial charge < -0.3 is 14.9 Å². The Kier molecular flexibility index (Phi) is 5.98. The van der Waals surface area contributed by atoms with Crippen LogP contribution in [-0.2, 0) is 11.2 Å². The zero-order chi connectivity index (χ0) is 16.1. The molecule has 1 amide bonds. The van der Waals surface area contributed by atoms with Gasteiger partial charge in [0, 0.05) is 25.7 Å². The third kappa shape index (κ3) is 4.08. The minimum atomic E-state index is -0.472. The highest BCUT2D eigenvalue weighted by atomic mass is 16.3. The van der Waals surface area contributed by atoms with E-state index in [0.717, 1.165) is 43.6 Å². The maximum absolute atomic E-state index is 11.7. The Hall–Kier alpha value is -1.39. The molecule has 1 aromatic rings. The normalized spacial score (nSPS) is 15.8. The molecule has 1 aliphatic heterocycles. The number of aliphatic hydroxyl groups excluding tert-OH is 1. The molecule has 0 saturated carbocycles. The maximum atomic E-state index is 11.7. The van der Waals surface area contributed by atoms with Crippen LogP contribution in [0.4, 0.5) is 5.69 Å². The molecule has 0 aromatic heterocycles. The van der Waals surface area contributed by atoms with Crippen molar-refractivity contribution in [3.05, 3.63) is 29.3 Å². The Bertz CT molecular complexity index is 516. The lowest BCUT2D eigenvalue weighted by Gasteiger charge is -2.29. The lowest BCUT2D eigenvalue weighted by molar-refractivity contribution is -0.116. The largest absolute Gasteiger partial charge is 0.387 e. The fraction of sp³-hybridized carbons (Fsp3) is 0.611. The second-order valence-electron chi connectivity index (χ2n) is 6.29. The van der Waals surface area contributed by atoms with Gasteiger partial charge in [0.1, 0.15) is 0 Å². The van der Waals surface area contributed by atoms with Gasteiger partial charge in [-0.2, -0.15) is 0 Å². The smallest absolute Gasteiger partial charge is 0.223 e. The summed E-state index contributed by atoms with van der Waals surface area (Å²) in [5.74, 6) is 0.0912. The lowest BCUT2D eigenvalue weighted by atomic mass is 9.97. The molecule has 1 heterocycles. The van der Waals surface area contributed by atoms with E-state index >= 15 is 0 Å². The number of hydrogen-bond donors (Lipinski definition) is 1. The monoisotopic (exact) mass is 304 g/mol. The lowest BCUT2D eigenvalue weighted by Crippen LogP contribution is -2.33. The van der Waals surface area contributed by atoms with Crippen molar-refractivity contribution in [3.63, 3.8) is 0 Å². The first-order chi connectivity index (χ1) is 10.5. The highest BCUT2D eigenvalue weighted by molar-refractivity contribution is 5.92. The number of rotatable bonds is 6. The van der Waals surface area contributed by atoms with Crippen molar-refractivity contribution in [2.75, 3.05) is 31.6 Å². The topological polar surface area (TPSA) is 43.8 Å². The molecule has 0 spiro atoms. The Morgan fingerprint density at radius 1 is 1.45 bits per heavy atom. The number of likely N-dealkylation sites (N-methyl/N-ethyl adjacent to an activating group) is 1. The van der Waals surface area contributed by atoms with Gasteiger partial charge in [0.2, 0.25) is 5.91 Å². The zero-order valence-corrected chi connectivity index (χ0v) is 14.0. The van der Waals surface area contributed by atoms with Crippen LogP contribution in [0.1, 0.15) is 50.3 Å². The Balaban J connectivity index is 2.08. The van der Waals surface area contributed by atoms with E-state index in [1.807, 2.05) is 17.0 Å². The van der Waals surface area contributed by atoms with Gasteiger partial charge in [0.15, 0.2) is 0 Å². The second-order valence-corrected chi connectivity index (χ2v) is 6.29. The van der Waals surface area contributed by atoms with Crippen LogP contribution in [0.2, 0.25) is 0 Å². The van der Waals surface area contributed by atoms with Crippen LogP contribution in [0, 0.1) is 0 Å². The third-order valence-corrected chi connectivity index (χ3v) is 4.37. The Morgan fingerprint density at radius 3 is 2.91 bits per heavy atom. The summed E-state index contributed by atoms with van der Waals surface area (Å²) in [6.07, 6.45) is 3.81. The van der Waals surface area contributed by atoms with E-state index in [9.17, 15) is 9.90 Å². The number of amides is 1. The van der Waals surface area contributed by atoms with E-state index in [1.165, 1.54) is 12.0 Å². The van der Waals surface area contributed by atoms with E-state index in [0.29, 0.717) is 6.54 Å². The number of fused-ring (bicyclic) bond motifs is 1. The van der Waals surface area contributed by atoms with Crippen molar-refractivity contribution < 1.29 is 9.90 Å². The molecule has 1 aromatic carbocycles. The first-order valence-electron chi connectivity index (χ1n) is 8.30. The molecular formula is C18H28N2O2. The molecule has 1 unspecified atom stereocenters. The van der Waals surface area contributed by atoms with Gasteiger partial charge in [-0.1, -0.05) is 25.5 Å². The quantitative estimate of drug-likeness (QED) is 0.879. The molecule has 122 valence electrons.